The zero-order chi connectivity index (χ0) is 22.5. The maximum atomic E-state index is 14.0. The molecule has 0 amide bonds. The lowest BCUT2D eigenvalue weighted by atomic mass is 10.0. The number of rotatable bonds is 8. The molecule has 0 bridgehead atoms. The van der Waals surface area contributed by atoms with E-state index in [2.05, 4.69) is 5.32 Å². The van der Waals surface area contributed by atoms with E-state index in [1.165, 1.54) is 0 Å². The molecule has 0 aromatic heterocycles. The molecular formula is C23H21F5N2O. The lowest BCUT2D eigenvalue weighted by Crippen LogP contribution is -2.43. The van der Waals surface area contributed by atoms with Gasteiger partial charge < -0.3 is 16.2 Å². The Balaban J connectivity index is 1.58. The summed E-state index contributed by atoms with van der Waals surface area (Å²) in [4.78, 5) is 0. The summed E-state index contributed by atoms with van der Waals surface area (Å²) in [5, 5.41) is 13.2. The molecule has 8 heteroatoms. The molecule has 0 saturated carbocycles. The van der Waals surface area contributed by atoms with E-state index in [0.717, 1.165) is 35.9 Å². The van der Waals surface area contributed by atoms with Crippen molar-refractivity contribution in [2.45, 2.75) is 25.1 Å². The smallest absolute Gasteiger partial charge is 0.195 e. The molecular weight excluding hydrogens is 415 g/mol. The van der Waals surface area contributed by atoms with Crippen LogP contribution in [0.1, 0.15) is 11.1 Å². The van der Waals surface area contributed by atoms with Gasteiger partial charge in [0.1, 0.15) is 11.6 Å². The topological polar surface area (TPSA) is 58.3 Å². The summed E-state index contributed by atoms with van der Waals surface area (Å²) in [6.45, 7) is 0.389. The Labute approximate surface area is 176 Å². The maximum absolute atomic E-state index is 14.0. The van der Waals surface area contributed by atoms with E-state index in [0.29, 0.717) is 11.1 Å². The first kappa shape index (κ1) is 22.9. The second kappa shape index (κ2) is 10.00. The largest absolute Gasteiger partial charge is 0.390 e. The van der Waals surface area contributed by atoms with Gasteiger partial charge >= 0.3 is 0 Å². The molecule has 2 atom stereocenters. The number of nitrogens with two attached hydrogens (primary N) is 1. The molecule has 0 radical (unpaired) electrons. The third kappa shape index (κ3) is 5.88. The van der Waals surface area contributed by atoms with Gasteiger partial charge in [-0.1, -0.05) is 18.2 Å². The van der Waals surface area contributed by atoms with E-state index >= 15 is 0 Å². The van der Waals surface area contributed by atoms with Crippen LogP contribution in [-0.2, 0) is 13.0 Å². The van der Waals surface area contributed by atoms with Gasteiger partial charge in [-0.15, -0.1) is 0 Å². The van der Waals surface area contributed by atoms with E-state index in [4.69, 9.17) is 5.73 Å². The first-order valence-electron chi connectivity index (χ1n) is 9.56. The third-order valence-corrected chi connectivity index (χ3v) is 4.84. The summed E-state index contributed by atoms with van der Waals surface area (Å²) in [5.41, 5.74) is 7.30. The maximum Gasteiger partial charge on any atom is 0.195 e. The number of halogens is 5. The van der Waals surface area contributed by atoms with Crippen LogP contribution in [0, 0.1) is 29.1 Å². The zero-order valence-electron chi connectivity index (χ0n) is 16.4. The summed E-state index contributed by atoms with van der Waals surface area (Å²) in [6.07, 6.45) is -0.902. The molecule has 164 valence electrons. The molecule has 31 heavy (non-hydrogen) atoms. The van der Waals surface area contributed by atoms with Gasteiger partial charge in [0.15, 0.2) is 17.5 Å². The molecule has 3 aromatic carbocycles. The minimum Gasteiger partial charge on any atom is -0.390 e. The Kier molecular flexibility index (Phi) is 7.37. The van der Waals surface area contributed by atoms with E-state index in [9.17, 15) is 27.1 Å². The van der Waals surface area contributed by atoms with Gasteiger partial charge in [0.2, 0.25) is 0 Å². The van der Waals surface area contributed by atoms with E-state index < -0.39 is 41.2 Å². The molecule has 0 unspecified atom stereocenters. The molecule has 0 aliphatic carbocycles. The van der Waals surface area contributed by atoms with Crippen LogP contribution < -0.4 is 11.1 Å². The monoisotopic (exact) mass is 436 g/mol. The zero-order valence-corrected chi connectivity index (χ0v) is 16.4. The highest BCUT2D eigenvalue weighted by Gasteiger charge is 2.17. The molecule has 0 saturated heterocycles. The Bertz CT molecular complexity index is 1040. The Morgan fingerprint density at radius 2 is 1.55 bits per heavy atom. The van der Waals surface area contributed by atoms with Gasteiger partial charge in [0.25, 0.3) is 0 Å². The average Bonchev–Trinajstić information content (AvgIpc) is 2.71. The van der Waals surface area contributed by atoms with Crippen molar-refractivity contribution in [3.63, 3.8) is 0 Å². The number of nitrogens with one attached hydrogen (secondary N) is 1. The highest BCUT2D eigenvalue weighted by atomic mass is 19.2. The van der Waals surface area contributed by atoms with Crippen LogP contribution >= 0.6 is 0 Å². The van der Waals surface area contributed by atoms with Crippen molar-refractivity contribution in [2.24, 2.45) is 5.73 Å². The van der Waals surface area contributed by atoms with Crippen molar-refractivity contribution in [1.29, 1.82) is 0 Å². The average molecular weight is 436 g/mol. The second-order valence-corrected chi connectivity index (χ2v) is 7.27. The van der Waals surface area contributed by atoms with Crippen molar-refractivity contribution in [1.82, 2.24) is 5.32 Å². The third-order valence-electron chi connectivity index (χ3n) is 4.84. The number of hydrogen-bond donors (Lipinski definition) is 3. The quantitative estimate of drug-likeness (QED) is 0.369. The van der Waals surface area contributed by atoms with Crippen LogP contribution in [0.5, 0.6) is 0 Å². The Hall–Kier alpha value is -2.81. The number of aliphatic hydroxyl groups is 1. The van der Waals surface area contributed by atoms with Crippen LogP contribution in [0.2, 0.25) is 0 Å². The second-order valence-electron chi connectivity index (χ2n) is 7.27. The predicted octanol–water partition coefficient (Wildman–Crippen LogP) is 4.07. The molecule has 3 nitrogen and oxygen atoms in total. The molecule has 0 aliphatic heterocycles. The van der Waals surface area contributed by atoms with Crippen LogP contribution in [-0.4, -0.2) is 23.8 Å². The summed E-state index contributed by atoms with van der Waals surface area (Å²) in [5.74, 6) is -5.48. The van der Waals surface area contributed by atoms with Gasteiger partial charge in [-0.05, 0) is 53.4 Å². The predicted molar refractivity (Wildman–Crippen MR) is 108 cm³/mol. The van der Waals surface area contributed by atoms with Crippen molar-refractivity contribution in [2.75, 3.05) is 6.54 Å². The first-order valence-corrected chi connectivity index (χ1v) is 9.56. The molecule has 3 rings (SSSR count). The van der Waals surface area contributed by atoms with Crippen LogP contribution in [0.25, 0.3) is 11.1 Å². The van der Waals surface area contributed by atoms with Gasteiger partial charge in [0.05, 0.1) is 6.10 Å². The molecule has 0 fully saturated rings. The van der Waals surface area contributed by atoms with Crippen molar-refractivity contribution in [3.8, 4) is 11.1 Å². The molecule has 0 spiro atoms. The van der Waals surface area contributed by atoms with E-state index in [1.54, 1.807) is 24.3 Å². The van der Waals surface area contributed by atoms with Crippen molar-refractivity contribution in [3.05, 3.63) is 94.8 Å². The van der Waals surface area contributed by atoms with Gasteiger partial charge in [-0.25, -0.2) is 22.0 Å². The Morgan fingerprint density at radius 3 is 2.26 bits per heavy atom. The van der Waals surface area contributed by atoms with Gasteiger partial charge in [0, 0.05) is 30.8 Å². The van der Waals surface area contributed by atoms with Gasteiger partial charge in [-0.2, -0.15) is 0 Å². The van der Waals surface area contributed by atoms with Crippen molar-refractivity contribution >= 4 is 0 Å². The highest BCUT2D eigenvalue weighted by Crippen LogP contribution is 2.26. The summed E-state index contributed by atoms with van der Waals surface area (Å²) >= 11 is 0. The molecule has 0 aliphatic rings. The fraction of sp³-hybridized carbons (Fsp3) is 0.217. The van der Waals surface area contributed by atoms with Crippen LogP contribution in [0.3, 0.4) is 0 Å². The number of aliphatic hydroxyl groups excluding tert-OH is 1. The fourth-order valence-corrected chi connectivity index (χ4v) is 3.25. The van der Waals surface area contributed by atoms with Crippen molar-refractivity contribution < 1.29 is 27.1 Å². The molecule has 0 heterocycles. The Morgan fingerprint density at radius 1 is 0.839 bits per heavy atom. The van der Waals surface area contributed by atoms with Crippen LogP contribution in [0.15, 0.2) is 54.6 Å². The first-order chi connectivity index (χ1) is 14.7. The lowest BCUT2D eigenvalue weighted by Gasteiger charge is -2.19. The normalized spacial score (nSPS) is 13.3. The van der Waals surface area contributed by atoms with Crippen LogP contribution in [0.4, 0.5) is 22.0 Å². The summed E-state index contributed by atoms with van der Waals surface area (Å²) in [7, 11) is 0. The molecule has 3 aromatic rings. The summed E-state index contributed by atoms with van der Waals surface area (Å²) < 4.78 is 67.2. The minimum absolute atomic E-state index is 0.0647. The summed E-state index contributed by atoms with van der Waals surface area (Å²) in [6, 6.07) is 10.9. The number of hydrogen-bond acceptors (Lipinski definition) is 3. The molecule has 4 N–H and O–H groups in total. The van der Waals surface area contributed by atoms with E-state index in [-0.39, 0.29) is 25.1 Å². The van der Waals surface area contributed by atoms with E-state index in [1.807, 2.05) is 0 Å². The minimum atomic E-state index is -1.53. The standard InChI is InChI=1S/C23H21F5N2O/c24-16-7-14(8-17(25)10-16)9-20(29)21(31)12-30-11-13-2-1-3-15(6-13)18-4-5-19(26)23(28)22(18)27/h1-8,10,20-21,30-31H,9,11-12,29H2/t20-,21+/m0/s1. The lowest BCUT2D eigenvalue weighted by molar-refractivity contribution is 0.141. The number of benzene rings is 3. The van der Waals surface area contributed by atoms with Gasteiger partial charge in [-0.3, -0.25) is 0 Å². The SMILES string of the molecule is N[C@@H](Cc1cc(F)cc(F)c1)[C@H](O)CNCc1cccc(-c2ccc(F)c(F)c2F)c1. The fourth-order valence-electron chi connectivity index (χ4n) is 3.25. The highest BCUT2D eigenvalue weighted by molar-refractivity contribution is 5.65.